The molecule has 0 unspecified atom stereocenters. The summed E-state index contributed by atoms with van der Waals surface area (Å²) in [6.07, 6.45) is 0. The SMILES string of the molecule is O=C(NCc1cccs1)c1ccc(S(=O)(=O)Nc2ccc(F)cc2)cc1. The first-order valence-electron chi connectivity index (χ1n) is 7.63. The van der Waals surface area contributed by atoms with Gasteiger partial charge in [0.05, 0.1) is 11.4 Å². The third kappa shape index (κ3) is 4.47. The number of rotatable bonds is 6. The molecule has 0 atom stereocenters. The molecule has 1 heterocycles. The van der Waals surface area contributed by atoms with E-state index >= 15 is 0 Å². The molecule has 0 saturated heterocycles. The Morgan fingerprint density at radius 1 is 1.00 bits per heavy atom. The van der Waals surface area contributed by atoms with Crippen LogP contribution in [0.3, 0.4) is 0 Å². The number of benzene rings is 2. The summed E-state index contributed by atoms with van der Waals surface area (Å²) >= 11 is 1.54. The molecular formula is C18H15FN2O3S2. The van der Waals surface area contributed by atoms with Crippen LogP contribution in [0.4, 0.5) is 10.1 Å². The van der Waals surface area contributed by atoms with Crippen LogP contribution in [0, 0.1) is 5.82 Å². The number of carbonyl (C=O) groups excluding carboxylic acids is 1. The van der Waals surface area contributed by atoms with Gasteiger partial charge in [-0.15, -0.1) is 11.3 Å². The zero-order valence-electron chi connectivity index (χ0n) is 13.5. The van der Waals surface area contributed by atoms with Gasteiger partial charge in [0.15, 0.2) is 0 Å². The summed E-state index contributed by atoms with van der Waals surface area (Å²) in [6, 6.07) is 14.4. The summed E-state index contributed by atoms with van der Waals surface area (Å²) < 4.78 is 40.0. The van der Waals surface area contributed by atoms with Gasteiger partial charge in [0, 0.05) is 16.1 Å². The smallest absolute Gasteiger partial charge is 0.261 e. The van der Waals surface area contributed by atoms with E-state index < -0.39 is 15.8 Å². The zero-order chi connectivity index (χ0) is 18.6. The molecule has 8 heteroatoms. The standard InChI is InChI=1S/C18H15FN2O3S2/c19-14-5-7-15(8-6-14)21-26(23,24)17-9-3-13(4-10-17)18(22)20-12-16-2-1-11-25-16/h1-11,21H,12H2,(H,20,22). The number of sulfonamides is 1. The highest BCUT2D eigenvalue weighted by Gasteiger charge is 2.15. The summed E-state index contributed by atoms with van der Waals surface area (Å²) in [6.45, 7) is 0.419. The van der Waals surface area contributed by atoms with Gasteiger partial charge < -0.3 is 5.32 Å². The van der Waals surface area contributed by atoms with Gasteiger partial charge in [0.1, 0.15) is 5.82 Å². The topological polar surface area (TPSA) is 75.3 Å². The normalized spacial score (nSPS) is 11.1. The first-order valence-corrected chi connectivity index (χ1v) is 9.99. The Morgan fingerprint density at radius 3 is 2.31 bits per heavy atom. The maximum Gasteiger partial charge on any atom is 0.261 e. The first kappa shape index (κ1) is 18.1. The van der Waals surface area contributed by atoms with Gasteiger partial charge in [-0.1, -0.05) is 6.07 Å². The number of thiophene rings is 1. The van der Waals surface area contributed by atoms with Crippen LogP contribution in [-0.4, -0.2) is 14.3 Å². The van der Waals surface area contributed by atoms with Crippen molar-refractivity contribution >= 4 is 33.0 Å². The van der Waals surface area contributed by atoms with Gasteiger partial charge >= 0.3 is 0 Å². The molecule has 26 heavy (non-hydrogen) atoms. The fourth-order valence-electron chi connectivity index (χ4n) is 2.20. The van der Waals surface area contributed by atoms with E-state index in [1.807, 2.05) is 17.5 Å². The fraction of sp³-hybridized carbons (Fsp3) is 0.0556. The summed E-state index contributed by atoms with van der Waals surface area (Å²) in [5.41, 5.74) is 0.617. The zero-order valence-corrected chi connectivity index (χ0v) is 15.1. The van der Waals surface area contributed by atoms with E-state index in [-0.39, 0.29) is 16.5 Å². The molecule has 0 spiro atoms. The van der Waals surface area contributed by atoms with Gasteiger partial charge in [-0.05, 0) is 60.0 Å². The van der Waals surface area contributed by atoms with Crippen molar-refractivity contribution < 1.29 is 17.6 Å². The highest BCUT2D eigenvalue weighted by molar-refractivity contribution is 7.92. The summed E-state index contributed by atoms with van der Waals surface area (Å²) in [4.78, 5) is 13.2. The molecule has 0 fully saturated rings. The Labute approximate surface area is 154 Å². The summed E-state index contributed by atoms with van der Waals surface area (Å²) in [5, 5.41) is 4.70. The van der Waals surface area contributed by atoms with Crippen LogP contribution in [0.2, 0.25) is 0 Å². The third-order valence-corrected chi connectivity index (χ3v) is 5.80. The van der Waals surface area contributed by atoms with Crippen LogP contribution in [0.15, 0.2) is 70.9 Å². The lowest BCUT2D eigenvalue weighted by Gasteiger charge is -2.09. The number of nitrogens with one attached hydrogen (secondary N) is 2. The van der Waals surface area contributed by atoms with Crippen LogP contribution in [0.5, 0.6) is 0 Å². The molecule has 0 aliphatic rings. The third-order valence-electron chi connectivity index (χ3n) is 3.53. The molecule has 0 aliphatic heterocycles. The number of amides is 1. The van der Waals surface area contributed by atoms with Crippen molar-refractivity contribution in [3.63, 3.8) is 0 Å². The Hall–Kier alpha value is -2.71. The first-order chi connectivity index (χ1) is 12.4. The van der Waals surface area contributed by atoms with E-state index in [0.29, 0.717) is 12.1 Å². The maximum atomic E-state index is 12.9. The molecule has 2 N–H and O–H groups in total. The van der Waals surface area contributed by atoms with Gasteiger partial charge in [-0.25, -0.2) is 12.8 Å². The maximum absolute atomic E-state index is 12.9. The molecule has 134 valence electrons. The van der Waals surface area contributed by atoms with E-state index in [1.54, 1.807) is 11.3 Å². The van der Waals surface area contributed by atoms with E-state index in [4.69, 9.17) is 0 Å². The molecule has 1 aromatic heterocycles. The van der Waals surface area contributed by atoms with Crippen molar-refractivity contribution in [2.75, 3.05) is 4.72 Å². The predicted octanol–water partition coefficient (Wildman–Crippen LogP) is 3.62. The Bertz CT molecular complexity index is 984. The van der Waals surface area contributed by atoms with Crippen LogP contribution >= 0.6 is 11.3 Å². The quantitative estimate of drug-likeness (QED) is 0.675. The molecule has 0 aliphatic carbocycles. The summed E-state index contributed by atoms with van der Waals surface area (Å²) in [7, 11) is -3.82. The number of carbonyl (C=O) groups is 1. The molecule has 3 aromatic rings. The molecular weight excluding hydrogens is 375 g/mol. The second-order valence-electron chi connectivity index (χ2n) is 5.40. The minimum Gasteiger partial charge on any atom is -0.347 e. The summed E-state index contributed by atoms with van der Waals surface area (Å²) in [5.74, 6) is -0.736. The van der Waals surface area contributed by atoms with Crippen molar-refractivity contribution in [3.05, 3.63) is 82.3 Å². The van der Waals surface area contributed by atoms with Gasteiger partial charge in [0.2, 0.25) is 0 Å². The lowest BCUT2D eigenvalue weighted by atomic mass is 10.2. The minimum absolute atomic E-state index is 0.0108. The molecule has 3 rings (SSSR count). The largest absolute Gasteiger partial charge is 0.347 e. The van der Waals surface area contributed by atoms with Gasteiger partial charge in [-0.2, -0.15) is 0 Å². The van der Waals surface area contributed by atoms with Crippen LogP contribution < -0.4 is 10.0 Å². The molecule has 0 saturated carbocycles. The minimum atomic E-state index is -3.82. The number of halogens is 1. The predicted molar refractivity (Wildman–Crippen MR) is 99.1 cm³/mol. The number of anilines is 1. The molecule has 0 bridgehead atoms. The highest BCUT2D eigenvalue weighted by atomic mass is 32.2. The lowest BCUT2D eigenvalue weighted by Crippen LogP contribution is -2.22. The highest BCUT2D eigenvalue weighted by Crippen LogP contribution is 2.17. The van der Waals surface area contributed by atoms with Gasteiger partial charge in [0.25, 0.3) is 15.9 Å². The monoisotopic (exact) mass is 390 g/mol. The average Bonchev–Trinajstić information content (AvgIpc) is 3.15. The lowest BCUT2D eigenvalue weighted by molar-refractivity contribution is 0.0951. The van der Waals surface area contributed by atoms with Crippen LogP contribution in [-0.2, 0) is 16.6 Å². The Kier molecular flexibility index (Phi) is 5.34. The van der Waals surface area contributed by atoms with E-state index in [1.165, 1.54) is 48.5 Å². The second kappa shape index (κ2) is 7.67. The van der Waals surface area contributed by atoms with Crippen molar-refractivity contribution in [1.82, 2.24) is 5.32 Å². The molecule has 5 nitrogen and oxygen atoms in total. The van der Waals surface area contributed by atoms with E-state index in [9.17, 15) is 17.6 Å². The van der Waals surface area contributed by atoms with Crippen LogP contribution in [0.25, 0.3) is 0 Å². The van der Waals surface area contributed by atoms with E-state index in [0.717, 1.165) is 4.88 Å². The van der Waals surface area contributed by atoms with Crippen LogP contribution in [0.1, 0.15) is 15.2 Å². The van der Waals surface area contributed by atoms with Gasteiger partial charge in [-0.3, -0.25) is 9.52 Å². The van der Waals surface area contributed by atoms with Crippen molar-refractivity contribution in [1.29, 1.82) is 0 Å². The van der Waals surface area contributed by atoms with E-state index in [2.05, 4.69) is 10.0 Å². The Balaban J connectivity index is 1.67. The molecule has 0 radical (unpaired) electrons. The van der Waals surface area contributed by atoms with Crippen molar-refractivity contribution in [3.8, 4) is 0 Å². The Morgan fingerprint density at radius 2 is 1.69 bits per heavy atom. The number of hydrogen-bond donors (Lipinski definition) is 2. The second-order valence-corrected chi connectivity index (χ2v) is 8.11. The van der Waals surface area contributed by atoms with Crippen molar-refractivity contribution in [2.45, 2.75) is 11.4 Å². The fourth-order valence-corrected chi connectivity index (χ4v) is 3.90. The molecule has 2 aromatic carbocycles. The number of hydrogen-bond acceptors (Lipinski definition) is 4. The molecule has 1 amide bonds. The average molecular weight is 390 g/mol. The van der Waals surface area contributed by atoms with Crippen molar-refractivity contribution in [2.24, 2.45) is 0 Å².